The molecule has 0 aromatic carbocycles. The summed E-state index contributed by atoms with van der Waals surface area (Å²) in [5, 5.41) is 0. The molecule has 0 radical (unpaired) electrons. The van der Waals surface area contributed by atoms with Gasteiger partial charge in [-0.1, -0.05) is 0 Å². The Kier molecular flexibility index (Phi) is 1.12. The highest BCUT2D eigenvalue weighted by Crippen LogP contribution is 1.92. The van der Waals surface area contributed by atoms with Gasteiger partial charge in [0.2, 0.25) is 0 Å². The third-order valence-corrected chi connectivity index (χ3v) is 0.520. The summed E-state index contributed by atoms with van der Waals surface area (Å²) >= 11 is 0. The maximum Gasteiger partial charge on any atom is 0.512 e. The topological polar surface area (TPSA) is 44.8 Å². The second kappa shape index (κ2) is 1.79. The SMILES string of the molecule is O=C1OCOCO1. The number of ether oxygens (including phenoxy) is 3. The zero-order chi connectivity index (χ0) is 5.11. The predicted octanol–water partition coefficient (Wildman–Crippen LogP) is 0.0848. The highest BCUT2D eigenvalue weighted by atomic mass is 16.9. The smallest absolute Gasteiger partial charge is 0.407 e. The minimum absolute atomic E-state index is 0.0127. The van der Waals surface area contributed by atoms with Crippen molar-refractivity contribution in [3.63, 3.8) is 0 Å². The van der Waals surface area contributed by atoms with Crippen molar-refractivity contribution < 1.29 is 19.0 Å². The van der Waals surface area contributed by atoms with Crippen LogP contribution in [0.4, 0.5) is 4.79 Å². The van der Waals surface area contributed by atoms with Gasteiger partial charge in [0.1, 0.15) is 0 Å². The quantitative estimate of drug-likeness (QED) is 0.408. The van der Waals surface area contributed by atoms with E-state index < -0.39 is 6.16 Å². The van der Waals surface area contributed by atoms with E-state index in [0.717, 1.165) is 0 Å². The van der Waals surface area contributed by atoms with Crippen molar-refractivity contribution in [2.24, 2.45) is 0 Å². The Bertz CT molecular complexity index is 71.0. The van der Waals surface area contributed by atoms with Gasteiger partial charge in [0.05, 0.1) is 0 Å². The number of hydrogen-bond acceptors (Lipinski definition) is 4. The minimum atomic E-state index is -0.661. The zero-order valence-corrected chi connectivity index (χ0v) is 3.55. The normalized spacial score (nSPS) is 20.3. The summed E-state index contributed by atoms with van der Waals surface area (Å²) in [6.45, 7) is 0.0255. The Morgan fingerprint density at radius 1 is 1.29 bits per heavy atom. The van der Waals surface area contributed by atoms with E-state index in [2.05, 4.69) is 14.2 Å². The van der Waals surface area contributed by atoms with E-state index >= 15 is 0 Å². The minimum Gasteiger partial charge on any atom is -0.407 e. The highest BCUT2D eigenvalue weighted by molar-refractivity contribution is 5.59. The van der Waals surface area contributed by atoms with Crippen LogP contribution in [-0.2, 0) is 14.2 Å². The Morgan fingerprint density at radius 2 is 1.86 bits per heavy atom. The van der Waals surface area contributed by atoms with Crippen LogP contribution in [0.1, 0.15) is 0 Å². The van der Waals surface area contributed by atoms with E-state index in [1.807, 2.05) is 0 Å². The number of carbonyl (C=O) groups is 1. The summed E-state index contributed by atoms with van der Waals surface area (Å²) in [6, 6.07) is 0. The monoisotopic (exact) mass is 104 g/mol. The molecule has 0 spiro atoms. The Balaban J connectivity index is 2.25. The van der Waals surface area contributed by atoms with Crippen LogP contribution >= 0.6 is 0 Å². The molecule has 0 N–H and O–H groups in total. The number of cyclic esters (lactones) is 2. The lowest BCUT2D eigenvalue weighted by molar-refractivity contribution is -0.155. The summed E-state index contributed by atoms with van der Waals surface area (Å²) < 4.78 is 12.9. The van der Waals surface area contributed by atoms with Crippen LogP contribution in [0.15, 0.2) is 0 Å². The predicted molar refractivity (Wildman–Crippen MR) is 18.4 cm³/mol. The molecule has 7 heavy (non-hydrogen) atoms. The van der Waals surface area contributed by atoms with Crippen LogP contribution < -0.4 is 0 Å². The highest BCUT2D eigenvalue weighted by Gasteiger charge is 2.07. The van der Waals surface area contributed by atoms with Gasteiger partial charge in [-0.25, -0.2) is 4.79 Å². The summed E-state index contributed by atoms with van der Waals surface area (Å²) in [5.74, 6) is 0. The van der Waals surface area contributed by atoms with Crippen molar-refractivity contribution in [2.75, 3.05) is 13.6 Å². The molecule has 0 amide bonds. The molecule has 1 saturated heterocycles. The molecule has 1 fully saturated rings. The zero-order valence-electron chi connectivity index (χ0n) is 3.55. The van der Waals surface area contributed by atoms with Gasteiger partial charge in [0, 0.05) is 0 Å². The number of carbonyl (C=O) groups excluding carboxylic acids is 1. The van der Waals surface area contributed by atoms with E-state index in [0.29, 0.717) is 0 Å². The first-order valence-electron chi connectivity index (χ1n) is 1.77. The molecule has 0 atom stereocenters. The maximum atomic E-state index is 9.94. The second-order valence-corrected chi connectivity index (χ2v) is 0.979. The van der Waals surface area contributed by atoms with E-state index in [9.17, 15) is 4.79 Å². The lowest BCUT2D eigenvalue weighted by Crippen LogP contribution is -2.19. The van der Waals surface area contributed by atoms with Gasteiger partial charge in [-0.3, -0.25) is 0 Å². The summed E-state index contributed by atoms with van der Waals surface area (Å²) in [4.78, 5) is 9.94. The fourth-order valence-corrected chi connectivity index (χ4v) is 0.255. The molecule has 1 aliphatic rings. The van der Waals surface area contributed by atoms with Gasteiger partial charge in [0.25, 0.3) is 0 Å². The van der Waals surface area contributed by atoms with Crippen LogP contribution in [-0.4, -0.2) is 19.7 Å². The first-order chi connectivity index (χ1) is 3.39. The van der Waals surface area contributed by atoms with Crippen LogP contribution in [0.2, 0.25) is 0 Å². The molecule has 0 unspecified atom stereocenters. The molecule has 0 aromatic heterocycles. The van der Waals surface area contributed by atoms with Crippen molar-refractivity contribution in [3.05, 3.63) is 0 Å². The fourth-order valence-electron chi connectivity index (χ4n) is 0.255. The Labute approximate surface area is 40.0 Å². The lowest BCUT2D eigenvalue weighted by atomic mass is 11.1. The number of hydrogen-bond donors (Lipinski definition) is 0. The average molecular weight is 104 g/mol. The van der Waals surface area contributed by atoms with Gasteiger partial charge in [0.15, 0.2) is 13.6 Å². The summed E-state index contributed by atoms with van der Waals surface area (Å²) in [7, 11) is 0. The number of rotatable bonds is 0. The fraction of sp³-hybridized carbons (Fsp3) is 0.667. The molecule has 0 bridgehead atoms. The van der Waals surface area contributed by atoms with Crippen LogP contribution in [0.5, 0.6) is 0 Å². The standard InChI is InChI=1S/C3H4O4/c4-3-6-1-5-2-7-3/h1-2H2. The molecule has 0 aromatic rings. The average Bonchev–Trinajstić information content (AvgIpc) is 1.69. The Morgan fingerprint density at radius 3 is 2.14 bits per heavy atom. The third-order valence-electron chi connectivity index (χ3n) is 0.520. The Hall–Kier alpha value is -0.770. The molecule has 40 valence electrons. The molecular weight excluding hydrogens is 100 g/mol. The van der Waals surface area contributed by atoms with Gasteiger partial charge in [-0.05, 0) is 0 Å². The molecule has 1 heterocycles. The maximum absolute atomic E-state index is 9.94. The molecule has 1 aliphatic heterocycles. The van der Waals surface area contributed by atoms with Gasteiger partial charge in [-0.2, -0.15) is 0 Å². The van der Waals surface area contributed by atoms with Gasteiger partial charge < -0.3 is 14.2 Å². The summed E-state index contributed by atoms with van der Waals surface area (Å²) in [6.07, 6.45) is -0.661. The summed E-state index contributed by atoms with van der Waals surface area (Å²) in [5.41, 5.74) is 0. The van der Waals surface area contributed by atoms with Gasteiger partial charge in [-0.15, -0.1) is 0 Å². The second-order valence-electron chi connectivity index (χ2n) is 0.979. The van der Waals surface area contributed by atoms with E-state index in [1.165, 1.54) is 0 Å². The molecule has 0 aliphatic carbocycles. The van der Waals surface area contributed by atoms with Crippen molar-refractivity contribution >= 4 is 6.16 Å². The van der Waals surface area contributed by atoms with Crippen molar-refractivity contribution in [3.8, 4) is 0 Å². The van der Waals surface area contributed by atoms with E-state index in [-0.39, 0.29) is 13.6 Å². The molecule has 4 nitrogen and oxygen atoms in total. The van der Waals surface area contributed by atoms with Crippen molar-refractivity contribution in [1.29, 1.82) is 0 Å². The van der Waals surface area contributed by atoms with E-state index in [1.54, 1.807) is 0 Å². The third kappa shape index (κ3) is 1.04. The van der Waals surface area contributed by atoms with Crippen LogP contribution in [0, 0.1) is 0 Å². The largest absolute Gasteiger partial charge is 0.512 e. The van der Waals surface area contributed by atoms with Crippen molar-refractivity contribution in [1.82, 2.24) is 0 Å². The molecule has 1 rings (SSSR count). The van der Waals surface area contributed by atoms with Gasteiger partial charge >= 0.3 is 6.16 Å². The van der Waals surface area contributed by atoms with Crippen LogP contribution in [0.25, 0.3) is 0 Å². The van der Waals surface area contributed by atoms with E-state index in [4.69, 9.17) is 0 Å². The molecule has 4 heteroatoms. The first kappa shape index (κ1) is 4.39. The molecule has 0 saturated carbocycles. The van der Waals surface area contributed by atoms with Crippen LogP contribution in [0.3, 0.4) is 0 Å². The molecular formula is C3H4O4. The van der Waals surface area contributed by atoms with Crippen molar-refractivity contribution in [2.45, 2.75) is 0 Å². The lowest BCUT2D eigenvalue weighted by Gasteiger charge is -2.10. The first-order valence-corrected chi connectivity index (χ1v) is 1.77.